The van der Waals surface area contributed by atoms with Gasteiger partial charge in [-0.2, -0.15) is 0 Å². The molecule has 0 bridgehead atoms. The number of carboxylic acid groups (broad SMARTS) is 1. The molecule has 1 aromatic rings. The van der Waals surface area contributed by atoms with Crippen molar-refractivity contribution in [2.24, 2.45) is 0 Å². The number of hydrogen-bond donors (Lipinski definition) is 1. The van der Waals surface area contributed by atoms with Crippen LogP contribution in [-0.4, -0.2) is 35.0 Å². The van der Waals surface area contributed by atoms with Crippen molar-refractivity contribution in [3.8, 4) is 0 Å². The number of rotatable bonds is 5. The zero-order valence-corrected chi connectivity index (χ0v) is 12.5. The minimum absolute atomic E-state index is 0.145. The normalized spacial score (nSPS) is 15.9. The topological polar surface area (TPSA) is 57.6 Å². The number of carboxylic acids is 1. The average molecular weight is 287 g/mol. The highest BCUT2D eigenvalue weighted by atomic mass is 16.4. The van der Waals surface area contributed by atoms with Gasteiger partial charge in [-0.1, -0.05) is 35.9 Å². The predicted octanol–water partition coefficient (Wildman–Crippen LogP) is 2.64. The van der Waals surface area contributed by atoms with Gasteiger partial charge in [0, 0.05) is 19.0 Å². The van der Waals surface area contributed by atoms with Crippen molar-refractivity contribution in [2.75, 3.05) is 7.05 Å². The second-order valence-electron chi connectivity index (χ2n) is 5.57. The van der Waals surface area contributed by atoms with Gasteiger partial charge in [-0.25, -0.2) is 4.79 Å². The molecule has 0 heterocycles. The van der Waals surface area contributed by atoms with Gasteiger partial charge in [-0.3, -0.25) is 4.79 Å². The summed E-state index contributed by atoms with van der Waals surface area (Å²) in [4.78, 5) is 25.4. The maximum Gasteiger partial charge on any atom is 0.326 e. The molecule has 1 aliphatic rings. The third-order valence-corrected chi connectivity index (χ3v) is 4.10. The summed E-state index contributed by atoms with van der Waals surface area (Å²) in [5.41, 5.74) is 2.80. The lowest BCUT2D eigenvalue weighted by molar-refractivity contribution is -0.147. The number of amides is 1. The molecule has 0 spiro atoms. The summed E-state index contributed by atoms with van der Waals surface area (Å²) in [5.74, 6) is -1.11. The van der Waals surface area contributed by atoms with E-state index in [1.807, 2.05) is 37.3 Å². The Balaban J connectivity index is 2.16. The van der Waals surface area contributed by atoms with E-state index < -0.39 is 12.0 Å². The maximum atomic E-state index is 12.5. The molecule has 0 aromatic heterocycles. The van der Waals surface area contributed by atoms with E-state index in [4.69, 9.17) is 0 Å². The summed E-state index contributed by atoms with van der Waals surface area (Å²) >= 11 is 0. The number of allylic oxidation sites excluding steroid dienone is 1. The SMILES string of the molecule is CC1=C(C(=O)N(C)C(Cc2ccccc2)C(=O)O)CCC1. The molecule has 0 saturated carbocycles. The van der Waals surface area contributed by atoms with Gasteiger partial charge >= 0.3 is 5.97 Å². The maximum absolute atomic E-state index is 12.5. The average Bonchev–Trinajstić information content (AvgIpc) is 2.90. The van der Waals surface area contributed by atoms with Crippen molar-refractivity contribution in [3.05, 3.63) is 47.0 Å². The van der Waals surface area contributed by atoms with Crippen molar-refractivity contribution in [3.63, 3.8) is 0 Å². The van der Waals surface area contributed by atoms with Crippen LogP contribution in [0, 0.1) is 0 Å². The molecule has 0 saturated heterocycles. The van der Waals surface area contributed by atoms with Crippen molar-refractivity contribution < 1.29 is 14.7 Å². The molecule has 1 amide bonds. The van der Waals surface area contributed by atoms with Crippen LogP contribution in [0.15, 0.2) is 41.5 Å². The zero-order valence-electron chi connectivity index (χ0n) is 12.5. The summed E-state index contributed by atoms with van der Waals surface area (Å²) in [6.45, 7) is 1.96. The lowest BCUT2D eigenvalue weighted by atomic mass is 10.0. The lowest BCUT2D eigenvalue weighted by Gasteiger charge is -2.26. The molecule has 0 fully saturated rings. The summed E-state index contributed by atoms with van der Waals surface area (Å²) in [6, 6.07) is 8.57. The van der Waals surface area contributed by atoms with Crippen molar-refractivity contribution >= 4 is 11.9 Å². The molecular formula is C17H21NO3. The highest BCUT2D eigenvalue weighted by molar-refractivity contribution is 5.96. The zero-order chi connectivity index (χ0) is 15.4. The molecular weight excluding hydrogens is 266 g/mol. The fourth-order valence-electron chi connectivity index (χ4n) is 2.77. The van der Waals surface area contributed by atoms with Crippen LogP contribution in [0.25, 0.3) is 0 Å². The number of benzene rings is 1. The van der Waals surface area contributed by atoms with E-state index in [0.29, 0.717) is 6.42 Å². The molecule has 4 heteroatoms. The Kier molecular flexibility index (Phi) is 4.78. The summed E-state index contributed by atoms with van der Waals surface area (Å²) in [7, 11) is 1.59. The molecule has 1 aromatic carbocycles. The smallest absolute Gasteiger partial charge is 0.326 e. The number of hydrogen-bond acceptors (Lipinski definition) is 2. The highest BCUT2D eigenvalue weighted by Gasteiger charge is 2.30. The van der Waals surface area contributed by atoms with E-state index in [2.05, 4.69) is 0 Å². The van der Waals surface area contributed by atoms with Crippen LogP contribution in [0.4, 0.5) is 0 Å². The summed E-state index contributed by atoms with van der Waals surface area (Å²) in [6.07, 6.45) is 3.00. The molecule has 1 N–H and O–H groups in total. The van der Waals surface area contributed by atoms with Crippen molar-refractivity contribution in [1.29, 1.82) is 0 Å². The Morgan fingerprint density at radius 2 is 1.90 bits per heavy atom. The van der Waals surface area contributed by atoms with E-state index in [0.717, 1.165) is 36.0 Å². The summed E-state index contributed by atoms with van der Waals surface area (Å²) < 4.78 is 0. The van der Waals surface area contributed by atoms with E-state index in [1.54, 1.807) is 7.05 Å². The van der Waals surface area contributed by atoms with E-state index in [9.17, 15) is 14.7 Å². The molecule has 1 unspecified atom stereocenters. The first-order chi connectivity index (χ1) is 10.0. The van der Waals surface area contributed by atoms with Crippen LogP contribution in [-0.2, 0) is 16.0 Å². The standard InChI is InChI=1S/C17H21NO3/c1-12-7-6-10-14(12)16(19)18(2)15(17(20)21)11-13-8-4-3-5-9-13/h3-5,8-9,15H,6-7,10-11H2,1-2H3,(H,20,21). The third kappa shape index (κ3) is 3.51. The highest BCUT2D eigenvalue weighted by Crippen LogP contribution is 2.27. The molecule has 0 radical (unpaired) electrons. The lowest BCUT2D eigenvalue weighted by Crippen LogP contribution is -2.44. The number of carbonyl (C=O) groups excluding carboxylic acids is 1. The first kappa shape index (κ1) is 15.3. The molecule has 21 heavy (non-hydrogen) atoms. The Morgan fingerprint density at radius 3 is 2.43 bits per heavy atom. The van der Waals surface area contributed by atoms with Gasteiger partial charge in [0.1, 0.15) is 6.04 Å². The van der Waals surface area contributed by atoms with E-state index in [1.165, 1.54) is 4.90 Å². The Hall–Kier alpha value is -2.10. The minimum Gasteiger partial charge on any atom is -0.480 e. The molecule has 2 rings (SSSR count). The molecule has 112 valence electrons. The molecule has 0 aliphatic heterocycles. The van der Waals surface area contributed by atoms with Crippen LogP contribution in [0.3, 0.4) is 0 Å². The minimum atomic E-state index is -0.967. The van der Waals surface area contributed by atoms with Crippen molar-refractivity contribution in [2.45, 2.75) is 38.6 Å². The van der Waals surface area contributed by atoms with Gasteiger partial charge < -0.3 is 10.0 Å². The number of aliphatic carboxylic acids is 1. The molecule has 1 aliphatic carbocycles. The van der Waals surface area contributed by atoms with Gasteiger partial charge in [-0.05, 0) is 31.7 Å². The Morgan fingerprint density at radius 1 is 1.24 bits per heavy atom. The molecule has 4 nitrogen and oxygen atoms in total. The van der Waals surface area contributed by atoms with Crippen LogP contribution >= 0.6 is 0 Å². The van der Waals surface area contributed by atoms with E-state index >= 15 is 0 Å². The van der Waals surface area contributed by atoms with Crippen LogP contribution < -0.4 is 0 Å². The third-order valence-electron chi connectivity index (χ3n) is 4.10. The van der Waals surface area contributed by atoms with Gasteiger partial charge in [0.05, 0.1) is 0 Å². The largest absolute Gasteiger partial charge is 0.480 e. The van der Waals surface area contributed by atoms with Gasteiger partial charge in [-0.15, -0.1) is 0 Å². The Bertz CT molecular complexity index is 563. The monoisotopic (exact) mass is 287 g/mol. The quantitative estimate of drug-likeness (QED) is 0.905. The molecule has 1 atom stereocenters. The Labute approximate surface area is 125 Å². The fourth-order valence-corrected chi connectivity index (χ4v) is 2.77. The van der Waals surface area contributed by atoms with Crippen LogP contribution in [0.5, 0.6) is 0 Å². The van der Waals surface area contributed by atoms with E-state index in [-0.39, 0.29) is 5.91 Å². The van der Waals surface area contributed by atoms with Gasteiger partial charge in [0.15, 0.2) is 0 Å². The predicted molar refractivity (Wildman–Crippen MR) is 80.9 cm³/mol. The second-order valence-corrected chi connectivity index (χ2v) is 5.57. The van der Waals surface area contributed by atoms with Crippen LogP contribution in [0.2, 0.25) is 0 Å². The number of likely N-dealkylation sites (N-methyl/N-ethyl adjacent to an activating group) is 1. The van der Waals surface area contributed by atoms with Gasteiger partial charge in [0.25, 0.3) is 0 Å². The fraction of sp³-hybridized carbons (Fsp3) is 0.412. The first-order valence-electron chi connectivity index (χ1n) is 7.23. The number of nitrogens with zero attached hydrogens (tertiary/aromatic N) is 1. The second kappa shape index (κ2) is 6.57. The van der Waals surface area contributed by atoms with Gasteiger partial charge in [0.2, 0.25) is 5.91 Å². The van der Waals surface area contributed by atoms with Crippen LogP contribution in [0.1, 0.15) is 31.7 Å². The number of carbonyl (C=O) groups is 2. The summed E-state index contributed by atoms with van der Waals surface area (Å²) in [5, 5.41) is 9.45. The van der Waals surface area contributed by atoms with Crippen molar-refractivity contribution in [1.82, 2.24) is 4.90 Å². The first-order valence-corrected chi connectivity index (χ1v) is 7.23.